The smallest absolute Gasteiger partial charge is 0.374 e. The molecule has 8 heteroatoms. The van der Waals surface area contributed by atoms with Crippen LogP contribution >= 0.6 is 0 Å². The van der Waals surface area contributed by atoms with Gasteiger partial charge in [0.15, 0.2) is 6.61 Å². The van der Waals surface area contributed by atoms with Gasteiger partial charge in [0.2, 0.25) is 5.76 Å². The van der Waals surface area contributed by atoms with Gasteiger partial charge in [0.05, 0.1) is 12.5 Å². The van der Waals surface area contributed by atoms with E-state index in [1.165, 1.54) is 30.3 Å². The van der Waals surface area contributed by atoms with Crippen LogP contribution in [0.4, 0.5) is 4.39 Å². The molecule has 0 radical (unpaired) electrons. The summed E-state index contributed by atoms with van der Waals surface area (Å²) in [6.07, 6.45) is 1.05. The molecule has 1 aliphatic rings. The molecule has 7 nitrogen and oxygen atoms in total. The largest absolute Gasteiger partial charge is 0.466 e. The molecular weight excluding hydrogens is 381 g/mol. The number of carbonyl (C=O) groups is 3. The Bertz CT molecular complexity index is 868. The van der Waals surface area contributed by atoms with Gasteiger partial charge in [-0.3, -0.25) is 9.59 Å². The van der Waals surface area contributed by atoms with Gasteiger partial charge in [0.1, 0.15) is 11.6 Å². The van der Waals surface area contributed by atoms with Gasteiger partial charge in [0, 0.05) is 18.7 Å². The molecule has 0 spiro atoms. The summed E-state index contributed by atoms with van der Waals surface area (Å²) in [6.45, 7) is 2.51. The fourth-order valence-corrected chi connectivity index (χ4v) is 3.13. The van der Waals surface area contributed by atoms with Crippen LogP contribution in [0.2, 0.25) is 0 Å². The molecule has 0 saturated carbocycles. The quantitative estimate of drug-likeness (QED) is 0.689. The van der Waals surface area contributed by atoms with Crippen LogP contribution in [-0.4, -0.2) is 49.0 Å². The molecule has 1 fully saturated rings. The van der Waals surface area contributed by atoms with E-state index in [9.17, 15) is 18.8 Å². The number of ether oxygens (including phenoxy) is 2. The van der Waals surface area contributed by atoms with Crippen LogP contribution in [0.15, 0.2) is 40.8 Å². The molecule has 2 heterocycles. The molecule has 2 aromatic rings. The van der Waals surface area contributed by atoms with Gasteiger partial charge in [-0.25, -0.2) is 9.18 Å². The zero-order valence-electron chi connectivity index (χ0n) is 16.1. The second kappa shape index (κ2) is 9.36. The van der Waals surface area contributed by atoms with E-state index in [0.717, 1.165) is 0 Å². The zero-order valence-corrected chi connectivity index (χ0v) is 16.1. The van der Waals surface area contributed by atoms with Gasteiger partial charge >= 0.3 is 11.9 Å². The highest BCUT2D eigenvalue weighted by Crippen LogP contribution is 2.23. The second-order valence-corrected chi connectivity index (χ2v) is 6.65. The monoisotopic (exact) mass is 403 g/mol. The molecule has 1 aliphatic heterocycles. The van der Waals surface area contributed by atoms with E-state index in [0.29, 0.717) is 43.9 Å². The summed E-state index contributed by atoms with van der Waals surface area (Å²) in [6, 6.07) is 8.67. The van der Waals surface area contributed by atoms with Crippen LogP contribution in [0.25, 0.3) is 11.3 Å². The standard InChI is InChI=1S/C21H22FNO6/c1-2-27-20(25)15-9-11-23(12-10-15)19(24)13-28-21(26)18-8-7-17(29-18)14-3-5-16(22)6-4-14/h3-8,15H,2,9-13H2,1H3. The first kappa shape index (κ1) is 20.6. The fourth-order valence-electron chi connectivity index (χ4n) is 3.13. The predicted molar refractivity (Wildman–Crippen MR) is 100 cm³/mol. The molecule has 1 aromatic carbocycles. The lowest BCUT2D eigenvalue weighted by Gasteiger charge is -2.30. The van der Waals surface area contributed by atoms with Crippen molar-refractivity contribution in [1.29, 1.82) is 0 Å². The van der Waals surface area contributed by atoms with E-state index in [1.807, 2.05) is 0 Å². The summed E-state index contributed by atoms with van der Waals surface area (Å²) < 4.78 is 28.5. The number of amides is 1. The van der Waals surface area contributed by atoms with E-state index >= 15 is 0 Å². The van der Waals surface area contributed by atoms with Crippen molar-refractivity contribution in [3.8, 4) is 11.3 Å². The molecule has 29 heavy (non-hydrogen) atoms. The van der Waals surface area contributed by atoms with Gasteiger partial charge in [0.25, 0.3) is 5.91 Å². The van der Waals surface area contributed by atoms with Gasteiger partial charge in [-0.05, 0) is 56.2 Å². The highest BCUT2D eigenvalue weighted by atomic mass is 19.1. The molecule has 1 amide bonds. The van der Waals surface area contributed by atoms with E-state index < -0.39 is 12.6 Å². The van der Waals surface area contributed by atoms with Crippen molar-refractivity contribution in [1.82, 2.24) is 4.90 Å². The van der Waals surface area contributed by atoms with E-state index in [-0.39, 0.29) is 29.4 Å². The maximum atomic E-state index is 13.0. The molecule has 0 N–H and O–H groups in total. The number of piperidine rings is 1. The SMILES string of the molecule is CCOC(=O)C1CCN(C(=O)COC(=O)c2ccc(-c3ccc(F)cc3)o2)CC1. The third-order valence-electron chi connectivity index (χ3n) is 4.73. The Balaban J connectivity index is 1.48. The molecule has 1 saturated heterocycles. The third kappa shape index (κ3) is 5.22. The van der Waals surface area contributed by atoms with Crippen molar-refractivity contribution >= 4 is 17.8 Å². The van der Waals surface area contributed by atoms with Crippen molar-refractivity contribution in [3.63, 3.8) is 0 Å². The molecule has 0 unspecified atom stereocenters. The van der Waals surface area contributed by atoms with Crippen LogP contribution in [-0.2, 0) is 19.1 Å². The van der Waals surface area contributed by atoms with Crippen molar-refractivity contribution < 1.29 is 32.7 Å². The Morgan fingerprint density at radius 1 is 1.07 bits per heavy atom. The second-order valence-electron chi connectivity index (χ2n) is 6.65. The first-order valence-corrected chi connectivity index (χ1v) is 9.45. The average molecular weight is 403 g/mol. The lowest BCUT2D eigenvalue weighted by atomic mass is 9.97. The summed E-state index contributed by atoms with van der Waals surface area (Å²) in [7, 11) is 0. The topological polar surface area (TPSA) is 86.0 Å². The van der Waals surface area contributed by atoms with Crippen LogP contribution in [0.3, 0.4) is 0 Å². The number of nitrogens with zero attached hydrogens (tertiary/aromatic N) is 1. The van der Waals surface area contributed by atoms with E-state index in [4.69, 9.17) is 13.9 Å². The third-order valence-corrected chi connectivity index (χ3v) is 4.73. The molecule has 0 bridgehead atoms. The Morgan fingerprint density at radius 3 is 2.41 bits per heavy atom. The highest BCUT2D eigenvalue weighted by molar-refractivity contribution is 5.89. The van der Waals surface area contributed by atoms with E-state index in [1.54, 1.807) is 17.9 Å². The Labute approximate surface area is 167 Å². The van der Waals surface area contributed by atoms with E-state index in [2.05, 4.69) is 0 Å². The van der Waals surface area contributed by atoms with Gasteiger partial charge in [-0.15, -0.1) is 0 Å². The number of hydrogen-bond acceptors (Lipinski definition) is 6. The Hall–Kier alpha value is -3.16. The summed E-state index contributed by atoms with van der Waals surface area (Å²) >= 11 is 0. The van der Waals surface area contributed by atoms with Gasteiger partial charge in [-0.1, -0.05) is 0 Å². The van der Waals surface area contributed by atoms with Crippen molar-refractivity contribution in [2.45, 2.75) is 19.8 Å². The Kier molecular flexibility index (Phi) is 6.64. The number of benzene rings is 1. The Morgan fingerprint density at radius 2 is 1.76 bits per heavy atom. The normalized spacial score (nSPS) is 14.5. The maximum absolute atomic E-state index is 13.0. The number of halogens is 1. The van der Waals surface area contributed by atoms with Gasteiger partial charge in [-0.2, -0.15) is 0 Å². The lowest BCUT2D eigenvalue weighted by Crippen LogP contribution is -2.42. The number of hydrogen-bond donors (Lipinski definition) is 0. The summed E-state index contributed by atoms with van der Waals surface area (Å²) in [5, 5.41) is 0. The average Bonchev–Trinajstić information content (AvgIpc) is 3.23. The van der Waals surface area contributed by atoms with Crippen molar-refractivity contribution in [2.24, 2.45) is 5.92 Å². The molecule has 3 rings (SSSR count). The molecule has 1 aromatic heterocycles. The first-order valence-electron chi connectivity index (χ1n) is 9.45. The van der Waals surface area contributed by atoms with Gasteiger partial charge < -0.3 is 18.8 Å². The number of furan rings is 1. The molecule has 154 valence electrons. The summed E-state index contributed by atoms with van der Waals surface area (Å²) in [4.78, 5) is 37.7. The minimum Gasteiger partial charge on any atom is -0.466 e. The zero-order chi connectivity index (χ0) is 20.8. The van der Waals surface area contributed by atoms with Crippen LogP contribution in [0, 0.1) is 11.7 Å². The van der Waals surface area contributed by atoms with Crippen molar-refractivity contribution in [3.05, 3.63) is 48.0 Å². The number of esters is 2. The molecule has 0 atom stereocenters. The van der Waals surface area contributed by atoms with Crippen LogP contribution in [0.5, 0.6) is 0 Å². The summed E-state index contributed by atoms with van der Waals surface area (Å²) in [5.74, 6) is -1.54. The minimum absolute atomic E-state index is 0.0434. The van der Waals surface area contributed by atoms with Crippen LogP contribution < -0.4 is 0 Å². The number of likely N-dealkylation sites (tertiary alicyclic amines) is 1. The van der Waals surface area contributed by atoms with Crippen molar-refractivity contribution in [2.75, 3.05) is 26.3 Å². The first-order chi connectivity index (χ1) is 14.0. The van der Waals surface area contributed by atoms with Crippen LogP contribution in [0.1, 0.15) is 30.3 Å². The predicted octanol–water partition coefficient (Wildman–Crippen LogP) is 3.04. The minimum atomic E-state index is -0.756. The fraction of sp³-hybridized carbons (Fsp3) is 0.381. The highest BCUT2D eigenvalue weighted by Gasteiger charge is 2.28. The lowest BCUT2D eigenvalue weighted by molar-refractivity contribution is -0.151. The number of carbonyl (C=O) groups excluding carboxylic acids is 3. The maximum Gasteiger partial charge on any atom is 0.374 e. The molecular formula is C21H22FNO6. The molecule has 0 aliphatic carbocycles. The number of rotatable bonds is 6. The summed E-state index contributed by atoms with van der Waals surface area (Å²) in [5.41, 5.74) is 0.617.